The third-order valence-corrected chi connectivity index (χ3v) is 6.71. The first-order chi connectivity index (χ1) is 9.05. The van der Waals surface area contributed by atoms with Crippen LogP contribution in [-0.2, 0) is 14.3 Å². The number of rotatable bonds is 5. The molecule has 6 atom stereocenters. The average molecular weight is 378 g/mol. The van der Waals surface area contributed by atoms with Crippen LogP contribution in [0.4, 0.5) is 0 Å². The van der Waals surface area contributed by atoms with Gasteiger partial charge in [-0.2, -0.15) is 0 Å². The number of halogens is 1. The van der Waals surface area contributed by atoms with Crippen molar-refractivity contribution in [1.82, 2.24) is 0 Å². The van der Waals surface area contributed by atoms with Crippen LogP contribution in [0.3, 0.4) is 0 Å². The van der Waals surface area contributed by atoms with E-state index in [1.165, 1.54) is 25.7 Å². The van der Waals surface area contributed by atoms with E-state index >= 15 is 0 Å². The van der Waals surface area contributed by atoms with Crippen LogP contribution in [0.25, 0.3) is 0 Å². The number of fused-ring (bicyclic) bond motifs is 1. The van der Waals surface area contributed by atoms with Crippen molar-refractivity contribution in [1.29, 1.82) is 0 Å². The Morgan fingerprint density at radius 1 is 1.42 bits per heavy atom. The summed E-state index contributed by atoms with van der Waals surface area (Å²) < 4.78 is 11.1. The third-order valence-electron chi connectivity index (χ3n) is 5.32. The maximum atomic E-state index is 11.6. The zero-order chi connectivity index (χ0) is 13.6. The van der Waals surface area contributed by atoms with Crippen molar-refractivity contribution in [2.45, 2.75) is 56.0 Å². The summed E-state index contributed by atoms with van der Waals surface area (Å²) >= 11 is 2.13. The molecular formula is C15H23IO3. The highest BCUT2D eigenvalue weighted by atomic mass is 127. The monoisotopic (exact) mass is 378 g/mol. The summed E-state index contributed by atoms with van der Waals surface area (Å²) in [5.41, 5.74) is 0.617. The average Bonchev–Trinajstić information content (AvgIpc) is 2.98. The molecule has 0 aromatic rings. The van der Waals surface area contributed by atoms with Crippen LogP contribution in [0.1, 0.15) is 46.0 Å². The molecule has 6 unspecified atom stereocenters. The summed E-state index contributed by atoms with van der Waals surface area (Å²) in [6, 6.07) is 0. The molecule has 3 nitrogen and oxygen atoms in total. The summed E-state index contributed by atoms with van der Waals surface area (Å²) in [4.78, 5) is 11.6. The van der Waals surface area contributed by atoms with Crippen molar-refractivity contribution in [3.63, 3.8) is 0 Å². The maximum absolute atomic E-state index is 11.6. The minimum absolute atomic E-state index is 0.0451. The van der Waals surface area contributed by atoms with Crippen LogP contribution in [-0.4, -0.2) is 22.8 Å². The summed E-state index contributed by atoms with van der Waals surface area (Å²) in [5.74, 6) is 2.17. The minimum Gasteiger partial charge on any atom is -0.438 e. The molecular weight excluding hydrogens is 355 g/mol. The zero-order valence-corrected chi connectivity index (χ0v) is 13.9. The summed E-state index contributed by atoms with van der Waals surface area (Å²) in [7, 11) is 0. The summed E-state index contributed by atoms with van der Waals surface area (Å²) in [6.45, 7) is 4.52. The molecule has 0 aromatic carbocycles. The number of alkyl halides is 1. The Kier molecular flexibility index (Phi) is 3.84. The minimum atomic E-state index is -0.136. The van der Waals surface area contributed by atoms with Gasteiger partial charge in [-0.05, 0) is 55.3 Å². The molecule has 0 aromatic heterocycles. The zero-order valence-electron chi connectivity index (χ0n) is 11.7. The van der Waals surface area contributed by atoms with Gasteiger partial charge < -0.3 is 9.47 Å². The third kappa shape index (κ3) is 2.55. The fraction of sp³-hybridized carbons (Fsp3) is 0.933. The molecule has 3 fully saturated rings. The van der Waals surface area contributed by atoms with E-state index in [2.05, 4.69) is 29.5 Å². The Bertz CT molecular complexity index is 372. The lowest BCUT2D eigenvalue weighted by molar-refractivity contribution is -0.163. The van der Waals surface area contributed by atoms with Crippen molar-refractivity contribution < 1.29 is 14.3 Å². The van der Waals surface area contributed by atoms with E-state index < -0.39 is 0 Å². The smallest absolute Gasteiger partial charge is 0.320 e. The van der Waals surface area contributed by atoms with Gasteiger partial charge in [0.2, 0.25) is 0 Å². The highest BCUT2D eigenvalue weighted by Gasteiger charge is 2.67. The van der Waals surface area contributed by atoms with Crippen molar-refractivity contribution in [3.05, 3.63) is 0 Å². The van der Waals surface area contributed by atoms with Crippen molar-refractivity contribution in [2.24, 2.45) is 23.2 Å². The van der Waals surface area contributed by atoms with E-state index in [9.17, 15) is 4.79 Å². The second-order valence-corrected chi connectivity index (χ2v) is 8.27. The van der Waals surface area contributed by atoms with Crippen molar-refractivity contribution in [2.75, 3.05) is 6.79 Å². The standard InChI is InChI=1S/C15H23IO3/c1-3-12(16)14(17)19-8-18-13-10-4-9(2)5-15(6-10)7-11(13)15/h9-13H,3-8H2,1-2H3. The molecule has 108 valence electrons. The van der Waals surface area contributed by atoms with E-state index in [0.717, 1.165) is 18.3 Å². The molecule has 3 aliphatic rings. The Balaban J connectivity index is 1.48. The first kappa shape index (κ1) is 14.1. The molecule has 0 saturated heterocycles. The molecule has 0 amide bonds. The lowest BCUT2D eigenvalue weighted by atomic mass is 9.77. The first-order valence-electron chi connectivity index (χ1n) is 7.48. The maximum Gasteiger partial charge on any atom is 0.320 e. The van der Waals surface area contributed by atoms with E-state index in [-0.39, 0.29) is 16.7 Å². The number of carbonyl (C=O) groups is 1. The van der Waals surface area contributed by atoms with Crippen LogP contribution in [0.5, 0.6) is 0 Å². The topological polar surface area (TPSA) is 35.5 Å². The van der Waals surface area contributed by atoms with Gasteiger partial charge in [0, 0.05) is 0 Å². The van der Waals surface area contributed by atoms with E-state index in [1.807, 2.05) is 6.92 Å². The van der Waals surface area contributed by atoms with Gasteiger partial charge in [-0.25, -0.2) is 0 Å². The highest BCUT2D eigenvalue weighted by Crippen LogP contribution is 2.72. The van der Waals surface area contributed by atoms with Crippen LogP contribution in [0.2, 0.25) is 0 Å². The van der Waals surface area contributed by atoms with Gasteiger partial charge in [-0.3, -0.25) is 4.79 Å². The van der Waals surface area contributed by atoms with E-state index in [1.54, 1.807) is 0 Å². The largest absolute Gasteiger partial charge is 0.438 e. The van der Waals surface area contributed by atoms with Crippen molar-refractivity contribution in [3.8, 4) is 0 Å². The van der Waals surface area contributed by atoms with Crippen LogP contribution in [0, 0.1) is 23.2 Å². The highest BCUT2D eigenvalue weighted by molar-refractivity contribution is 14.1. The van der Waals surface area contributed by atoms with Gasteiger partial charge >= 0.3 is 5.97 Å². The van der Waals surface area contributed by atoms with Gasteiger partial charge in [0.15, 0.2) is 6.79 Å². The van der Waals surface area contributed by atoms with Crippen LogP contribution in [0.15, 0.2) is 0 Å². The number of ether oxygens (including phenoxy) is 2. The lowest BCUT2D eigenvalue weighted by Gasteiger charge is -2.30. The number of esters is 1. The Hall–Kier alpha value is 0.160. The normalized spacial score (nSPS) is 44.6. The molecule has 3 aliphatic carbocycles. The number of hydrogen-bond donors (Lipinski definition) is 0. The SMILES string of the molecule is CCC(I)C(=O)OCOC1C2CC(C)CC3(C2)CC13. The molecule has 4 heteroatoms. The van der Waals surface area contributed by atoms with Crippen LogP contribution < -0.4 is 0 Å². The predicted octanol–water partition coefficient (Wildman–Crippen LogP) is 3.54. The second-order valence-electron chi connectivity index (χ2n) is 6.77. The molecule has 19 heavy (non-hydrogen) atoms. The summed E-state index contributed by atoms with van der Waals surface area (Å²) in [5, 5.41) is 0. The fourth-order valence-corrected chi connectivity index (χ4v) is 4.73. The number of carbonyl (C=O) groups excluding carboxylic acids is 1. The molecule has 2 bridgehead atoms. The molecule has 0 radical (unpaired) electrons. The molecule has 0 N–H and O–H groups in total. The van der Waals surface area contributed by atoms with Gasteiger partial charge in [0.25, 0.3) is 0 Å². The van der Waals surface area contributed by atoms with Gasteiger partial charge in [-0.15, -0.1) is 0 Å². The molecule has 0 aliphatic heterocycles. The lowest BCUT2D eigenvalue weighted by Crippen LogP contribution is -2.28. The van der Waals surface area contributed by atoms with Gasteiger partial charge in [0.05, 0.1) is 6.10 Å². The summed E-state index contributed by atoms with van der Waals surface area (Å²) in [6.07, 6.45) is 6.54. The molecule has 3 rings (SSSR count). The molecule has 0 heterocycles. The van der Waals surface area contributed by atoms with Crippen molar-refractivity contribution >= 4 is 28.6 Å². The first-order valence-corrected chi connectivity index (χ1v) is 8.72. The van der Waals surface area contributed by atoms with E-state index in [4.69, 9.17) is 9.47 Å². The van der Waals surface area contributed by atoms with E-state index in [0.29, 0.717) is 17.4 Å². The Labute approximate surface area is 128 Å². The molecule has 1 spiro atoms. The quantitative estimate of drug-likeness (QED) is 0.318. The number of hydrogen-bond acceptors (Lipinski definition) is 3. The fourth-order valence-electron chi connectivity index (χ4n) is 4.55. The molecule has 3 saturated carbocycles. The second kappa shape index (κ2) is 5.17. The van der Waals surface area contributed by atoms with Crippen LogP contribution >= 0.6 is 22.6 Å². The Morgan fingerprint density at radius 2 is 2.21 bits per heavy atom. The Morgan fingerprint density at radius 3 is 2.95 bits per heavy atom. The van der Waals surface area contributed by atoms with Gasteiger partial charge in [0.1, 0.15) is 3.92 Å². The predicted molar refractivity (Wildman–Crippen MR) is 81.0 cm³/mol. The van der Waals surface area contributed by atoms with Gasteiger partial charge in [-0.1, -0.05) is 36.4 Å².